The van der Waals surface area contributed by atoms with E-state index in [0.29, 0.717) is 25.5 Å². The quantitative estimate of drug-likeness (QED) is 0.260. The summed E-state index contributed by atoms with van der Waals surface area (Å²) in [5.74, 6) is 0.691. The Hall–Kier alpha value is -0.950. The van der Waals surface area contributed by atoms with Crippen molar-refractivity contribution in [1.82, 2.24) is 20.9 Å². The van der Waals surface area contributed by atoms with Crippen molar-refractivity contribution in [2.24, 2.45) is 4.99 Å². The molecule has 3 N–H and O–H groups in total. The summed E-state index contributed by atoms with van der Waals surface area (Å²) in [4.78, 5) is 21.7. The summed E-state index contributed by atoms with van der Waals surface area (Å²) in [7, 11) is -1.30. The van der Waals surface area contributed by atoms with Gasteiger partial charge in [-0.15, -0.1) is 35.3 Å². The summed E-state index contributed by atoms with van der Waals surface area (Å²) in [6, 6.07) is -0.253. The van der Waals surface area contributed by atoms with Crippen LogP contribution in [-0.2, 0) is 27.5 Å². The van der Waals surface area contributed by atoms with Gasteiger partial charge < -0.3 is 16.0 Å². The van der Waals surface area contributed by atoms with Crippen LogP contribution >= 0.6 is 35.3 Å². The third-order valence-electron chi connectivity index (χ3n) is 4.05. The second-order valence-electron chi connectivity index (χ2n) is 6.17. The summed E-state index contributed by atoms with van der Waals surface area (Å²) in [5, 5.41) is 10.2. The van der Waals surface area contributed by atoms with Crippen LogP contribution in [0.25, 0.3) is 0 Å². The van der Waals surface area contributed by atoms with Gasteiger partial charge in [0.05, 0.1) is 16.5 Å². The first-order valence-electron chi connectivity index (χ1n) is 8.79. The molecule has 0 aromatic carbocycles. The van der Waals surface area contributed by atoms with Crippen molar-refractivity contribution < 1.29 is 13.2 Å². The van der Waals surface area contributed by atoms with E-state index in [1.54, 1.807) is 18.4 Å². The molecule has 0 aliphatic carbocycles. The average molecular weight is 529 g/mol. The van der Waals surface area contributed by atoms with Crippen LogP contribution in [0.15, 0.2) is 11.2 Å². The van der Waals surface area contributed by atoms with Gasteiger partial charge in [0.1, 0.15) is 0 Å². The van der Waals surface area contributed by atoms with Crippen LogP contribution in [-0.4, -0.2) is 63.0 Å². The van der Waals surface area contributed by atoms with Crippen molar-refractivity contribution in [2.45, 2.75) is 38.6 Å². The van der Waals surface area contributed by atoms with Crippen LogP contribution in [0.5, 0.6) is 0 Å². The number of aromatic nitrogens is 1. The van der Waals surface area contributed by atoms with Gasteiger partial charge in [0.25, 0.3) is 0 Å². The maximum absolute atomic E-state index is 11.9. The van der Waals surface area contributed by atoms with E-state index in [1.807, 2.05) is 6.20 Å². The maximum Gasteiger partial charge on any atom is 0.222 e. The molecule has 1 saturated heterocycles. The smallest absolute Gasteiger partial charge is 0.222 e. The van der Waals surface area contributed by atoms with Gasteiger partial charge in [-0.2, -0.15) is 0 Å². The van der Waals surface area contributed by atoms with Crippen LogP contribution in [0, 0.1) is 0 Å². The average Bonchev–Trinajstić information content (AvgIpc) is 3.19. The number of guanidine groups is 1. The van der Waals surface area contributed by atoms with Crippen molar-refractivity contribution >= 4 is 57.0 Å². The molecule has 1 aromatic heterocycles. The number of hydrogen-bond donors (Lipinski definition) is 3. The predicted molar refractivity (Wildman–Crippen MR) is 120 cm³/mol. The number of amides is 1. The lowest BCUT2D eigenvalue weighted by Crippen LogP contribution is -2.41. The summed E-state index contributed by atoms with van der Waals surface area (Å²) < 4.78 is 22.8. The fourth-order valence-corrected chi connectivity index (χ4v) is 5.17. The topological polar surface area (TPSA) is 113 Å². The highest BCUT2D eigenvalue weighted by Gasteiger charge is 2.28. The number of nitrogens with zero attached hydrogens (tertiary/aromatic N) is 2. The molecule has 0 radical (unpaired) electrons. The van der Waals surface area contributed by atoms with Gasteiger partial charge in [-0.25, -0.2) is 13.4 Å². The zero-order valence-electron chi connectivity index (χ0n) is 15.7. The number of aryl methyl sites for hydroxylation is 1. The first kappa shape index (κ1) is 24.1. The largest absolute Gasteiger partial charge is 0.356 e. The fourth-order valence-electron chi connectivity index (χ4n) is 2.64. The van der Waals surface area contributed by atoms with Crippen LogP contribution < -0.4 is 16.0 Å². The van der Waals surface area contributed by atoms with Gasteiger partial charge in [-0.1, -0.05) is 6.92 Å². The summed E-state index contributed by atoms with van der Waals surface area (Å²) >= 11 is 1.72. The lowest BCUT2D eigenvalue weighted by Gasteiger charge is -2.13. The molecule has 1 unspecified atom stereocenters. The highest BCUT2D eigenvalue weighted by atomic mass is 127. The minimum atomic E-state index is -2.98. The molecule has 1 amide bonds. The summed E-state index contributed by atoms with van der Waals surface area (Å²) in [6.07, 6.45) is 4.51. The van der Waals surface area contributed by atoms with E-state index < -0.39 is 9.84 Å². The van der Waals surface area contributed by atoms with E-state index in [2.05, 4.69) is 32.9 Å². The molecule has 0 bridgehead atoms. The molecule has 1 aromatic rings. The SMILES string of the molecule is CCc1cnc(CCNC(=NC)NCCC(=O)NC2CCS(=O)(=O)C2)s1.I. The van der Waals surface area contributed by atoms with E-state index in [1.165, 1.54) is 4.88 Å². The zero-order valence-corrected chi connectivity index (χ0v) is 19.6. The number of sulfone groups is 1. The molecule has 0 saturated carbocycles. The van der Waals surface area contributed by atoms with Crippen LogP contribution in [0.2, 0.25) is 0 Å². The summed E-state index contributed by atoms with van der Waals surface area (Å²) in [6.45, 7) is 3.26. The van der Waals surface area contributed by atoms with Crippen molar-refractivity contribution in [3.63, 3.8) is 0 Å². The number of carbonyl (C=O) groups is 1. The molecular formula is C16H28IN5O3S2. The third-order valence-corrected chi connectivity index (χ3v) is 7.02. The number of thiazole rings is 1. The Morgan fingerprint density at radius 2 is 2.11 bits per heavy atom. The Kier molecular flexibility index (Phi) is 10.5. The minimum absolute atomic E-state index is 0. The van der Waals surface area contributed by atoms with Gasteiger partial charge >= 0.3 is 0 Å². The number of nitrogens with one attached hydrogen (secondary N) is 3. The summed E-state index contributed by atoms with van der Waals surface area (Å²) in [5.41, 5.74) is 0. The van der Waals surface area contributed by atoms with E-state index in [9.17, 15) is 13.2 Å². The molecule has 1 atom stereocenters. The highest BCUT2D eigenvalue weighted by molar-refractivity contribution is 14.0. The van der Waals surface area contributed by atoms with Crippen LogP contribution in [0.3, 0.4) is 0 Å². The van der Waals surface area contributed by atoms with Gasteiger partial charge in [0.15, 0.2) is 15.8 Å². The van der Waals surface area contributed by atoms with Gasteiger partial charge in [0.2, 0.25) is 5.91 Å². The minimum Gasteiger partial charge on any atom is -0.356 e. The molecule has 154 valence electrons. The fraction of sp³-hybridized carbons (Fsp3) is 0.688. The Labute approximate surface area is 182 Å². The molecule has 11 heteroatoms. The number of hydrogen-bond acceptors (Lipinski definition) is 6. The molecule has 27 heavy (non-hydrogen) atoms. The number of aliphatic imine (C=N–C) groups is 1. The molecule has 2 rings (SSSR count). The van der Waals surface area contributed by atoms with Crippen LogP contribution in [0.4, 0.5) is 0 Å². The number of carbonyl (C=O) groups excluding carboxylic acids is 1. The van der Waals surface area contributed by atoms with Gasteiger partial charge in [0, 0.05) is 50.1 Å². The molecule has 8 nitrogen and oxygen atoms in total. The molecular weight excluding hydrogens is 501 g/mol. The lowest BCUT2D eigenvalue weighted by atomic mass is 10.2. The van der Waals surface area contributed by atoms with E-state index in [4.69, 9.17) is 0 Å². The van der Waals surface area contributed by atoms with Crippen LogP contribution in [0.1, 0.15) is 29.7 Å². The molecule has 0 spiro atoms. The monoisotopic (exact) mass is 529 g/mol. The molecule has 1 fully saturated rings. The number of rotatable bonds is 8. The van der Waals surface area contributed by atoms with Crippen molar-refractivity contribution in [2.75, 3.05) is 31.6 Å². The zero-order chi connectivity index (χ0) is 19.0. The second-order valence-corrected chi connectivity index (χ2v) is 9.60. The predicted octanol–water partition coefficient (Wildman–Crippen LogP) is 0.724. The first-order valence-corrected chi connectivity index (χ1v) is 11.4. The standard InChI is InChI=1S/C16H27N5O3S2.HI/c1-3-13-10-20-15(25-13)5-8-19-16(17-2)18-7-4-14(22)21-12-6-9-26(23,24)11-12;/h10,12H,3-9,11H2,1-2H3,(H,21,22)(H2,17,18,19);1H. The normalized spacial score (nSPS) is 18.6. The Bertz CT molecular complexity index is 736. The second kappa shape index (κ2) is 11.8. The molecule has 1 aliphatic heterocycles. The molecule has 1 aliphatic rings. The van der Waals surface area contributed by atoms with Crippen molar-refractivity contribution in [1.29, 1.82) is 0 Å². The molecule has 2 heterocycles. The lowest BCUT2D eigenvalue weighted by molar-refractivity contribution is -0.121. The maximum atomic E-state index is 11.9. The van der Waals surface area contributed by atoms with Crippen molar-refractivity contribution in [3.8, 4) is 0 Å². The van der Waals surface area contributed by atoms with Gasteiger partial charge in [-0.05, 0) is 12.8 Å². The van der Waals surface area contributed by atoms with Crippen molar-refractivity contribution in [3.05, 3.63) is 16.1 Å². The highest BCUT2D eigenvalue weighted by Crippen LogP contribution is 2.13. The Morgan fingerprint density at radius 1 is 1.37 bits per heavy atom. The Balaban J connectivity index is 0.00000364. The van der Waals surface area contributed by atoms with E-state index in [0.717, 1.165) is 17.8 Å². The van der Waals surface area contributed by atoms with Gasteiger partial charge in [-0.3, -0.25) is 9.79 Å². The Morgan fingerprint density at radius 3 is 2.70 bits per heavy atom. The number of halogens is 1. The first-order chi connectivity index (χ1) is 12.4. The van der Waals surface area contributed by atoms with E-state index in [-0.39, 0.29) is 53.9 Å². The van der Waals surface area contributed by atoms with E-state index >= 15 is 0 Å². The third kappa shape index (κ3) is 8.73.